The Hall–Kier alpha value is -1.40. The first-order valence-corrected chi connectivity index (χ1v) is 6.51. The molecule has 0 fully saturated rings. The van der Waals surface area contributed by atoms with E-state index in [2.05, 4.69) is 10.1 Å². The van der Waals surface area contributed by atoms with Gasteiger partial charge in [-0.15, -0.1) is 11.3 Å². The van der Waals surface area contributed by atoms with Crippen molar-refractivity contribution in [1.29, 1.82) is 0 Å². The molecule has 2 nitrogen and oxygen atoms in total. The van der Waals surface area contributed by atoms with Crippen molar-refractivity contribution >= 4 is 28.6 Å². The molecular weight excluding hydrogens is 299 g/mol. The number of hydrogen-bond donors (Lipinski definition) is 1. The summed E-state index contributed by atoms with van der Waals surface area (Å²) in [6.45, 7) is -2.56. The normalized spacial score (nSPS) is 10.8. The first kappa shape index (κ1) is 14.0. The third kappa shape index (κ3) is 4.04. The highest BCUT2D eigenvalue weighted by atomic mass is 35.5. The minimum absolute atomic E-state index is 0.472. The molecule has 1 aromatic carbocycles. The number of anilines is 1. The largest absolute Gasteiger partial charge is 0.432 e. The molecule has 19 heavy (non-hydrogen) atoms. The van der Waals surface area contributed by atoms with Crippen LogP contribution in [0.2, 0.25) is 5.02 Å². The number of nitrogens with one attached hydrogen (secondary N) is 1. The zero-order chi connectivity index (χ0) is 13.8. The van der Waals surface area contributed by atoms with Crippen LogP contribution in [0.5, 0.6) is 5.75 Å². The zero-order valence-corrected chi connectivity index (χ0v) is 11.1. The Bertz CT molecular complexity index is 562. The summed E-state index contributed by atoms with van der Waals surface area (Å²) in [5.41, 5.74) is 0.476. The molecule has 1 N–H and O–H groups in total. The van der Waals surface area contributed by atoms with Gasteiger partial charge in [-0.25, -0.2) is 4.39 Å². The lowest BCUT2D eigenvalue weighted by molar-refractivity contribution is -0.0521. The van der Waals surface area contributed by atoms with Gasteiger partial charge in [0.05, 0.1) is 5.02 Å². The molecule has 0 aliphatic heterocycles. The summed E-state index contributed by atoms with van der Waals surface area (Å²) in [6.07, 6.45) is 0. The molecule has 0 spiro atoms. The van der Waals surface area contributed by atoms with Gasteiger partial charge >= 0.3 is 6.61 Å². The van der Waals surface area contributed by atoms with Crippen molar-refractivity contribution in [3.8, 4) is 5.75 Å². The topological polar surface area (TPSA) is 21.3 Å². The molecule has 7 heteroatoms. The molecular formula is C12H9ClF3NOS. The van der Waals surface area contributed by atoms with E-state index in [1.807, 2.05) is 0 Å². The maximum Gasteiger partial charge on any atom is 0.387 e. The van der Waals surface area contributed by atoms with Gasteiger partial charge in [-0.2, -0.15) is 8.78 Å². The number of halogens is 4. The van der Waals surface area contributed by atoms with Gasteiger partial charge in [0.25, 0.3) is 0 Å². The lowest BCUT2D eigenvalue weighted by Gasteiger charge is -2.08. The second kappa shape index (κ2) is 6.16. The molecule has 0 saturated carbocycles. The monoisotopic (exact) mass is 307 g/mol. The summed E-state index contributed by atoms with van der Waals surface area (Å²) in [4.78, 5) is 0.985. The number of alkyl halides is 2. The van der Waals surface area contributed by atoms with Gasteiger partial charge in [-0.3, -0.25) is 0 Å². The number of hydrogen-bond acceptors (Lipinski definition) is 3. The van der Waals surface area contributed by atoms with Crippen LogP contribution in [-0.4, -0.2) is 6.61 Å². The van der Waals surface area contributed by atoms with Crippen LogP contribution < -0.4 is 10.1 Å². The Morgan fingerprint density at radius 1 is 1.32 bits per heavy atom. The van der Waals surface area contributed by atoms with Crippen molar-refractivity contribution in [3.63, 3.8) is 0 Å². The maximum atomic E-state index is 13.4. The molecule has 1 heterocycles. The highest BCUT2D eigenvalue weighted by molar-refractivity contribution is 7.10. The fourth-order valence-corrected chi connectivity index (χ4v) is 2.45. The molecule has 0 saturated heterocycles. The van der Waals surface area contributed by atoms with Gasteiger partial charge in [0.2, 0.25) is 0 Å². The van der Waals surface area contributed by atoms with Gasteiger partial charge in [-0.05, 0) is 18.2 Å². The van der Waals surface area contributed by atoms with E-state index in [9.17, 15) is 13.2 Å². The highest BCUT2D eigenvalue weighted by Crippen LogP contribution is 2.24. The van der Waals surface area contributed by atoms with Crippen molar-refractivity contribution in [2.45, 2.75) is 13.2 Å². The molecule has 0 unspecified atom stereocenters. The summed E-state index contributed by atoms with van der Waals surface area (Å²) < 4.78 is 41.4. The first-order valence-electron chi connectivity index (χ1n) is 5.26. The zero-order valence-electron chi connectivity index (χ0n) is 9.50. The summed E-state index contributed by atoms with van der Waals surface area (Å²) in [5, 5.41) is 5.40. The Morgan fingerprint density at radius 3 is 2.68 bits per heavy atom. The molecule has 0 radical (unpaired) electrons. The van der Waals surface area contributed by atoms with Crippen LogP contribution in [-0.2, 0) is 6.54 Å². The Kier molecular flexibility index (Phi) is 4.55. The summed E-state index contributed by atoms with van der Waals surface area (Å²) in [7, 11) is 0. The lowest BCUT2D eigenvalue weighted by Crippen LogP contribution is -2.04. The number of ether oxygens (including phenoxy) is 1. The van der Waals surface area contributed by atoms with Crippen LogP contribution in [0.15, 0.2) is 29.6 Å². The van der Waals surface area contributed by atoms with E-state index in [1.54, 1.807) is 11.4 Å². The number of benzene rings is 1. The molecule has 102 valence electrons. The van der Waals surface area contributed by atoms with Crippen LogP contribution in [0.1, 0.15) is 4.88 Å². The highest BCUT2D eigenvalue weighted by Gasteiger charge is 2.10. The smallest absolute Gasteiger partial charge is 0.387 e. The summed E-state index contributed by atoms with van der Waals surface area (Å²) >= 11 is 7.24. The van der Waals surface area contributed by atoms with Crippen LogP contribution in [0.3, 0.4) is 0 Å². The van der Waals surface area contributed by atoms with E-state index in [4.69, 9.17) is 11.6 Å². The van der Waals surface area contributed by atoms with Crippen molar-refractivity contribution in [2.24, 2.45) is 0 Å². The molecule has 0 aliphatic carbocycles. The van der Waals surface area contributed by atoms with E-state index in [0.717, 1.165) is 17.0 Å². The average Bonchev–Trinajstić information content (AvgIpc) is 2.75. The first-order chi connectivity index (χ1) is 9.04. The Morgan fingerprint density at radius 2 is 2.11 bits per heavy atom. The minimum atomic E-state index is -3.04. The van der Waals surface area contributed by atoms with E-state index < -0.39 is 18.2 Å². The second-order valence-corrected chi connectivity index (χ2v) is 5.04. The number of thiophene rings is 1. The van der Waals surface area contributed by atoms with Crippen LogP contribution >= 0.6 is 22.9 Å². The molecule has 2 aromatic rings. The molecule has 0 amide bonds. The quantitative estimate of drug-likeness (QED) is 0.860. The van der Waals surface area contributed by atoms with E-state index in [0.29, 0.717) is 17.3 Å². The SMILES string of the molecule is Fc1cc(NCc2cc(Cl)cs2)ccc1OC(F)F. The second-order valence-electron chi connectivity index (χ2n) is 3.61. The molecule has 0 aliphatic rings. The van der Waals surface area contributed by atoms with Crippen molar-refractivity contribution in [2.75, 3.05) is 5.32 Å². The fourth-order valence-electron chi connectivity index (χ4n) is 1.44. The summed E-state index contributed by atoms with van der Waals surface area (Å²) in [5.74, 6) is -1.31. The number of rotatable bonds is 5. The van der Waals surface area contributed by atoms with Gasteiger partial charge in [0.1, 0.15) is 0 Å². The molecule has 0 atom stereocenters. The third-order valence-corrected chi connectivity index (χ3v) is 3.52. The van der Waals surface area contributed by atoms with E-state index in [-0.39, 0.29) is 0 Å². The van der Waals surface area contributed by atoms with Crippen LogP contribution in [0, 0.1) is 5.82 Å². The molecule has 1 aromatic heterocycles. The van der Waals surface area contributed by atoms with E-state index in [1.165, 1.54) is 17.4 Å². The van der Waals surface area contributed by atoms with Crippen molar-refractivity contribution < 1.29 is 17.9 Å². The lowest BCUT2D eigenvalue weighted by atomic mass is 10.3. The fraction of sp³-hybridized carbons (Fsp3) is 0.167. The van der Waals surface area contributed by atoms with Crippen molar-refractivity contribution in [1.82, 2.24) is 0 Å². The van der Waals surface area contributed by atoms with Gasteiger partial charge in [0, 0.05) is 28.6 Å². The standard InChI is InChI=1S/C12H9ClF3NOS/c13-7-3-9(19-6-7)5-17-8-1-2-11(10(14)4-8)18-12(15)16/h1-4,6,12,17H,5H2. The van der Waals surface area contributed by atoms with Crippen LogP contribution in [0.4, 0.5) is 18.9 Å². The third-order valence-electron chi connectivity index (χ3n) is 2.24. The maximum absolute atomic E-state index is 13.4. The minimum Gasteiger partial charge on any atom is -0.432 e. The predicted molar refractivity (Wildman–Crippen MR) is 69.7 cm³/mol. The van der Waals surface area contributed by atoms with Gasteiger partial charge < -0.3 is 10.1 Å². The Balaban J connectivity index is 1.99. The molecule has 2 rings (SSSR count). The summed E-state index contributed by atoms with van der Waals surface area (Å²) in [6, 6.07) is 5.53. The van der Waals surface area contributed by atoms with Crippen LogP contribution in [0.25, 0.3) is 0 Å². The Labute approximate surface area is 116 Å². The average molecular weight is 308 g/mol. The molecule has 0 bridgehead atoms. The van der Waals surface area contributed by atoms with Gasteiger partial charge in [0.15, 0.2) is 11.6 Å². The van der Waals surface area contributed by atoms with E-state index >= 15 is 0 Å². The van der Waals surface area contributed by atoms with Gasteiger partial charge in [-0.1, -0.05) is 11.6 Å². The van der Waals surface area contributed by atoms with Crippen molar-refractivity contribution in [3.05, 3.63) is 45.4 Å². The predicted octanol–water partition coefficient (Wildman–Crippen LogP) is 4.75.